The molecule has 1 heterocycles. The summed E-state index contributed by atoms with van der Waals surface area (Å²) in [6.45, 7) is 11.5. The van der Waals surface area contributed by atoms with E-state index in [0.717, 1.165) is 0 Å². The molecule has 1 aliphatic heterocycles. The number of ether oxygens (including phenoxy) is 3. The van der Waals surface area contributed by atoms with Gasteiger partial charge in [-0.15, -0.1) is 0 Å². The van der Waals surface area contributed by atoms with E-state index in [4.69, 9.17) is 14.2 Å². The predicted molar refractivity (Wildman–Crippen MR) is 140 cm³/mol. The van der Waals surface area contributed by atoms with Crippen LogP contribution in [0.2, 0.25) is 0 Å². The van der Waals surface area contributed by atoms with Crippen LogP contribution in [0.3, 0.4) is 0 Å². The van der Waals surface area contributed by atoms with Crippen molar-refractivity contribution < 1.29 is 27.6 Å². The first-order valence-electron chi connectivity index (χ1n) is 11.0. The molecular weight excluding hydrogens is 550 g/mol. The predicted octanol–water partition coefficient (Wildman–Crippen LogP) is 7.34. The van der Waals surface area contributed by atoms with Crippen molar-refractivity contribution in [2.75, 3.05) is 0 Å². The van der Waals surface area contributed by atoms with Crippen LogP contribution in [0, 0.1) is 10.1 Å². The number of benzene rings is 3. The Labute approximate surface area is 219 Å². The zero-order valence-electron chi connectivity index (χ0n) is 20.9. The van der Waals surface area contributed by atoms with Gasteiger partial charge in [0.1, 0.15) is 44.0 Å². The zero-order chi connectivity index (χ0) is 26.9. The van der Waals surface area contributed by atoms with E-state index in [0.29, 0.717) is 27.5 Å². The fourth-order valence-electron chi connectivity index (χ4n) is 3.25. The summed E-state index contributed by atoms with van der Waals surface area (Å²) in [6, 6.07) is 16.1. The Bertz CT molecular complexity index is 1390. The van der Waals surface area contributed by atoms with Crippen LogP contribution >= 0.6 is 15.9 Å². The minimum absolute atomic E-state index is 0.0109. The number of hydrogen-bond donors (Lipinski definition) is 0. The number of fused-ring (bicyclic) bond motifs is 2. The Balaban J connectivity index is 0.000000214. The zero-order valence-corrected chi connectivity index (χ0v) is 23.3. The van der Waals surface area contributed by atoms with Crippen LogP contribution in [0.5, 0.6) is 23.0 Å². The molecule has 0 saturated carbocycles. The second-order valence-corrected chi connectivity index (χ2v) is 12.7. The third-order valence-electron chi connectivity index (χ3n) is 4.53. The lowest BCUT2D eigenvalue weighted by molar-refractivity contribution is -0.385. The summed E-state index contributed by atoms with van der Waals surface area (Å²) >= 11 is 3.11. The summed E-state index contributed by atoms with van der Waals surface area (Å²) in [7, 11) is -3.54. The lowest BCUT2D eigenvalue weighted by atomic mass is 10.2. The van der Waals surface area contributed by atoms with Gasteiger partial charge in [0.25, 0.3) is 5.69 Å². The van der Waals surface area contributed by atoms with E-state index in [1.54, 1.807) is 48.5 Å². The Morgan fingerprint density at radius 3 is 1.92 bits per heavy atom. The third-order valence-corrected chi connectivity index (χ3v) is 7.03. The van der Waals surface area contributed by atoms with Crippen molar-refractivity contribution in [2.45, 2.75) is 62.5 Å². The maximum Gasteiger partial charge on any atom is 0.287 e. The summed E-state index contributed by atoms with van der Waals surface area (Å²) in [5.41, 5.74) is -0.710. The van der Waals surface area contributed by atoms with Crippen LogP contribution in [-0.4, -0.2) is 24.5 Å². The molecule has 0 unspecified atom stereocenters. The van der Waals surface area contributed by atoms with E-state index in [2.05, 4.69) is 15.9 Å². The first-order valence-corrected chi connectivity index (χ1v) is 13.3. The Morgan fingerprint density at radius 1 is 0.806 bits per heavy atom. The van der Waals surface area contributed by atoms with Crippen molar-refractivity contribution in [3.8, 4) is 23.0 Å². The molecule has 0 atom stereocenters. The summed E-state index contributed by atoms with van der Waals surface area (Å²) in [4.78, 5) is 10.6. The Kier molecular flexibility index (Phi) is 7.71. The van der Waals surface area contributed by atoms with E-state index >= 15 is 0 Å². The molecule has 3 aromatic carbocycles. The average Bonchev–Trinajstić information content (AvgIpc) is 2.73. The van der Waals surface area contributed by atoms with Gasteiger partial charge >= 0.3 is 0 Å². The minimum Gasteiger partial charge on any atom is -0.488 e. The van der Waals surface area contributed by atoms with Crippen molar-refractivity contribution in [1.82, 2.24) is 0 Å². The number of halogens is 1. The van der Waals surface area contributed by atoms with E-state index in [1.807, 2.05) is 41.5 Å². The number of nitrogens with zero attached hydrogens (tertiary/aromatic N) is 1. The van der Waals surface area contributed by atoms with Crippen molar-refractivity contribution in [1.29, 1.82) is 0 Å². The molecule has 0 saturated heterocycles. The van der Waals surface area contributed by atoms with Gasteiger partial charge < -0.3 is 14.2 Å². The van der Waals surface area contributed by atoms with Gasteiger partial charge in [0.15, 0.2) is 0 Å². The van der Waals surface area contributed by atoms with Gasteiger partial charge in [-0.1, -0.05) is 12.1 Å². The normalized spacial score (nSPS) is 13.8. The molecule has 0 amide bonds. The van der Waals surface area contributed by atoms with Gasteiger partial charge in [0.05, 0.1) is 15.5 Å². The van der Waals surface area contributed by atoms with Crippen molar-refractivity contribution in [3.05, 3.63) is 75.3 Å². The van der Waals surface area contributed by atoms with E-state index in [-0.39, 0.29) is 26.7 Å². The second-order valence-electron chi connectivity index (χ2n) is 9.96. The maximum absolute atomic E-state index is 12.6. The van der Waals surface area contributed by atoms with Crippen molar-refractivity contribution in [2.24, 2.45) is 0 Å². The highest BCUT2D eigenvalue weighted by Crippen LogP contribution is 2.44. The molecule has 3 aromatic rings. The highest BCUT2D eigenvalue weighted by Gasteiger charge is 2.31. The van der Waals surface area contributed by atoms with Crippen LogP contribution in [0.25, 0.3) is 0 Å². The SMILES string of the molecule is CC(C)(C)Oc1ccc(Br)c([N+](=O)[O-])c1.CC(C)(C)Oc1ccc2c(c1)Oc1ccccc1S2(=O)=O. The largest absolute Gasteiger partial charge is 0.488 e. The van der Waals surface area contributed by atoms with Gasteiger partial charge in [-0.2, -0.15) is 0 Å². The number of nitro groups is 1. The van der Waals surface area contributed by atoms with E-state index in [9.17, 15) is 18.5 Å². The molecule has 0 bridgehead atoms. The molecule has 8 nitrogen and oxygen atoms in total. The molecular formula is C26H28BrNO7S. The third kappa shape index (κ3) is 6.76. The Morgan fingerprint density at radius 2 is 1.33 bits per heavy atom. The van der Waals surface area contributed by atoms with Crippen LogP contribution in [0.15, 0.2) is 74.9 Å². The van der Waals surface area contributed by atoms with Crippen LogP contribution in [0.4, 0.5) is 5.69 Å². The monoisotopic (exact) mass is 577 g/mol. The molecule has 0 fully saturated rings. The van der Waals surface area contributed by atoms with Gasteiger partial charge in [-0.3, -0.25) is 10.1 Å². The topological polar surface area (TPSA) is 105 Å². The highest BCUT2D eigenvalue weighted by molar-refractivity contribution is 9.10. The summed E-state index contributed by atoms with van der Waals surface area (Å²) in [5.74, 6) is 1.72. The molecule has 4 rings (SSSR count). The van der Waals surface area contributed by atoms with E-state index in [1.165, 1.54) is 12.1 Å². The lowest BCUT2D eigenvalue weighted by Gasteiger charge is -2.24. The number of hydrogen-bond acceptors (Lipinski definition) is 7. The summed E-state index contributed by atoms with van der Waals surface area (Å²) < 4.78 is 42.6. The van der Waals surface area contributed by atoms with Crippen molar-refractivity contribution >= 4 is 31.5 Å². The maximum atomic E-state index is 12.6. The minimum atomic E-state index is -3.54. The molecule has 0 aliphatic carbocycles. The molecule has 0 aromatic heterocycles. The summed E-state index contributed by atoms with van der Waals surface area (Å²) in [5, 5.41) is 10.7. The number of para-hydroxylation sites is 1. The van der Waals surface area contributed by atoms with Gasteiger partial charge in [-0.25, -0.2) is 8.42 Å². The number of rotatable bonds is 3. The standard InChI is InChI=1S/C16H16O4S.C10H12BrNO3/c1-16(2,3)20-11-8-9-15-13(10-11)19-12-6-4-5-7-14(12)21(15,17)18;1-10(2,3)15-7-4-5-8(11)9(6-7)12(13)14/h4-10H,1-3H3;4-6H,1-3H3. The van der Waals surface area contributed by atoms with Crippen LogP contribution < -0.4 is 14.2 Å². The lowest BCUT2D eigenvalue weighted by Crippen LogP contribution is -2.23. The molecule has 192 valence electrons. The number of sulfone groups is 1. The number of nitro benzene ring substituents is 1. The van der Waals surface area contributed by atoms with Crippen molar-refractivity contribution in [3.63, 3.8) is 0 Å². The smallest absolute Gasteiger partial charge is 0.287 e. The fraction of sp³-hybridized carbons (Fsp3) is 0.308. The fourth-order valence-corrected chi connectivity index (χ4v) is 5.12. The van der Waals surface area contributed by atoms with Gasteiger partial charge in [0, 0.05) is 6.07 Å². The van der Waals surface area contributed by atoms with Crippen LogP contribution in [-0.2, 0) is 9.84 Å². The highest BCUT2D eigenvalue weighted by atomic mass is 79.9. The Hall–Kier alpha value is -3.11. The quantitative estimate of drug-likeness (QED) is 0.185. The molecule has 0 spiro atoms. The first-order chi connectivity index (χ1) is 16.6. The average molecular weight is 578 g/mol. The second kappa shape index (κ2) is 10.1. The summed E-state index contributed by atoms with van der Waals surface area (Å²) in [6.07, 6.45) is 0. The molecule has 10 heteroatoms. The van der Waals surface area contributed by atoms with Crippen LogP contribution in [0.1, 0.15) is 41.5 Å². The van der Waals surface area contributed by atoms with Gasteiger partial charge in [0.2, 0.25) is 9.84 Å². The van der Waals surface area contributed by atoms with E-state index < -0.39 is 14.8 Å². The molecule has 36 heavy (non-hydrogen) atoms. The first kappa shape index (κ1) is 27.5. The molecule has 1 aliphatic rings. The van der Waals surface area contributed by atoms with Gasteiger partial charge in [-0.05, 0) is 93.9 Å². The molecule has 0 N–H and O–H groups in total. The molecule has 0 radical (unpaired) electrons.